The Morgan fingerprint density at radius 2 is 2.15 bits per heavy atom. The third kappa shape index (κ3) is 2.66. The zero-order valence-electron chi connectivity index (χ0n) is 10.2. The first kappa shape index (κ1) is 13.1. The van der Waals surface area contributed by atoms with Gasteiger partial charge in [0.15, 0.2) is 5.76 Å². The van der Waals surface area contributed by atoms with Crippen molar-refractivity contribution in [3.63, 3.8) is 0 Å². The molecule has 5 nitrogen and oxygen atoms in total. The summed E-state index contributed by atoms with van der Waals surface area (Å²) in [6.07, 6.45) is 1.56. The fraction of sp³-hybridized carbons (Fsp3) is 0.0769. The van der Waals surface area contributed by atoms with E-state index in [2.05, 4.69) is 10.1 Å². The Morgan fingerprint density at radius 3 is 2.90 bits per heavy atom. The van der Waals surface area contributed by atoms with E-state index in [0.717, 1.165) is 4.90 Å². The number of furan rings is 1. The van der Waals surface area contributed by atoms with E-state index >= 15 is 0 Å². The Bertz CT molecular complexity index is 692. The zero-order chi connectivity index (χ0) is 13.9. The van der Waals surface area contributed by atoms with Crippen LogP contribution in [0.2, 0.25) is 5.02 Å². The summed E-state index contributed by atoms with van der Waals surface area (Å²) in [5.41, 5.74) is 6.51. The number of hydrogen-bond donors (Lipinski definition) is 1. The van der Waals surface area contributed by atoms with Gasteiger partial charge in [0.05, 0.1) is 17.0 Å². The van der Waals surface area contributed by atoms with E-state index < -0.39 is 0 Å². The minimum absolute atomic E-state index is 0.428. The lowest BCUT2D eigenvalue weighted by Gasteiger charge is -2.05. The summed E-state index contributed by atoms with van der Waals surface area (Å²) >= 11 is 7.55. The third-order valence-electron chi connectivity index (χ3n) is 2.55. The summed E-state index contributed by atoms with van der Waals surface area (Å²) in [6.45, 7) is 0. The maximum atomic E-state index is 6.10. The molecule has 0 spiro atoms. The van der Waals surface area contributed by atoms with Crippen LogP contribution in [0.5, 0.6) is 0 Å². The zero-order valence-corrected chi connectivity index (χ0v) is 11.8. The van der Waals surface area contributed by atoms with E-state index in [4.69, 9.17) is 26.3 Å². The van der Waals surface area contributed by atoms with Gasteiger partial charge in [-0.3, -0.25) is 0 Å². The van der Waals surface area contributed by atoms with Crippen LogP contribution in [0.1, 0.15) is 5.89 Å². The molecule has 3 aromatic rings. The van der Waals surface area contributed by atoms with Crippen LogP contribution in [-0.2, 0) is 5.75 Å². The lowest BCUT2D eigenvalue weighted by Crippen LogP contribution is -1.90. The minimum Gasteiger partial charge on any atom is -0.461 e. The summed E-state index contributed by atoms with van der Waals surface area (Å²) in [5.74, 6) is 1.97. The highest BCUT2D eigenvalue weighted by atomic mass is 35.5. The Balaban J connectivity index is 1.73. The van der Waals surface area contributed by atoms with E-state index in [0.29, 0.717) is 33.9 Å². The SMILES string of the molecule is Nc1cccc(Cl)c1SCc1nc(-c2ccco2)no1. The number of hydrogen-bond acceptors (Lipinski definition) is 6. The first-order chi connectivity index (χ1) is 9.74. The van der Waals surface area contributed by atoms with Crippen molar-refractivity contribution in [2.75, 3.05) is 5.73 Å². The highest BCUT2D eigenvalue weighted by Gasteiger charge is 2.12. The molecule has 7 heteroatoms. The van der Waals surface area contributed by atoms with Gasteiger partial charge in [-0.2, -0.15) is 4.98 Å². The van der Waals surface area contributed by atoms with E-state index in [-0.39, 0.29) is 0 Å². The third-order valence-corrected chi connectivity index (χ3v) is 4.11. The molecule has 0 aliphatic carbocycles. The minimum atomic E-state index is 0.428. The number of benzene rings is 1. The van der Waals surface area contributed by atoms with Crippen molar-refractivity contribution in [2.24, 2.45) is 0 Å². The average molecular weight is 308 g/mol. The van der Waals surface area contributed by atoms with Gasteiger partial charge in [0.1, 0.15) is 0 Å². The smallest absolute Gasteiger partial charge is 0.238 e. The average Bonchev–Trinajstić information content (AvgIpc) is 3.09. The topological polar surface area (TPSA) is 78.1 Å². The molecule has 0 radical (unpaired) electrons. The number of nitrogens with zero attached hydrogens (tertiary/aromatic N) is 2. The standard InChI is InChI=1S/C13H10ClN3O2S/c14-8-3-1-4-9(15)12(8)20-7-11-16-13(17-19-11)10-5-2-6-18-10/h1-6H,7,15H2. The van der Waals surface area contributed by atoms with Crippen molar-refractivity contribution in [3.05, 3.63) is 47.5 Å². The molecular weight excluding hydrogens is 298 g/mol. The lowest BCUT2D eigenvalue weighted by atomic mass is 10.3. The van der Waals surface area contributed by atoms with E-state index in [1.54, 1.807) is 30.5 Å². The van der Waals surface area contributed by atoms with Gasteiger partial charge in [0.2, 0.25) is 11.7 Å². The Hall–Kier alpha value is -1.92. The summed E-state index contributed by atoms with van der Waals surface area (Å²) < 4.78 is 10.4. The van der Waals surface area contributed by atoms with Gasteiger partial charge in [0, 0.05) is 10.6 Å². The molecule has 0 saturated heterocycles. The normalized spacial score (nSPS) is 10.8. The number of thioether (sulfide) groups is 1. The first-order valence-corrected chi connectivity index (χ1v) is 7.13. The Morgan fingerprint density at radius 1 is 1.25 bits per heavy atom. The predicted molar refractivity (Wildman–Crippen MR) is 77.4 cm³/mol. The molecule has 3 rings (SSSR count). The summed E-state index contributed by atoms with van der Waals surface area (Å²) in [6, 6.07) is 8.94. The Labute approximate surface area is 124 Å². The van der Waals surface area contributed by atoms with Gasteiger partial charge in [0.25, 0.3) is 0 Å². The maximum absolute atomic E-state index is 6.10. The molecule has 0 aliphatic heterocycles. The van der Waals surface area contributed by atoms with Gasteiger partial charge in [-0.1, -0.05) is 22.8 Å². The van der Waals surface area contributed by atoms with Gasteiger partial charge in [-0.15, -0.1) is 11.8 Å². The van der Waals surface area contributed by atoms with Crippen molar-refractivity contribution in [2.45, 2.75) is 10.6 Å². The second kappa shape index (κ2) is 5.60. The molecule has 2 aromatic heterocycles. The number of nitrogens with two attached hydrogens (primary N) is 1. The van der Waals surface area contributed by atoms with Crippen LogP contribution in [0.4, 0.5) is 5.69 Å². The number of aromatic nitrogens is 2. The summed E-state index contributed by atoms with van der Waals surface area (Å²) in [5, 5.41) is 4.47. The fourth-order valence-corrected chi connectivity index (χ4v) is 2.80. The van der Waals surface area contributed by atoms with E-state index in [1.807, 2.05) is 6.07 Å². The largest absolute Gasteiger partial charge is 0.461 e. The first-order valence-electron chi connectivity index (χ1n) is 5.77. The molecule has 0 unspecified atom stereocenters. The van der Waals surface area contributed by atoms with Crippen molar-refractivity contribution < 1.29 is 8.94 Å². The molecule has 0 atom stereocenters. The van der Waals surface area contributed by atoms with E-state index in [9.17, 15) is 0 Å². The van der Waals surface area contributed by atoms with Gasteiger partial charge >= 0.3 is 0 Å². The highest BCUT2D eigenvalue weighted by Crippen LogP contribution is 2.34. The second-order valence-corrected chi connectivity index (χ2v) is 5.33. The van der Waals surface area contributed by atoms with Crippen LogP contribution in [0.15, 0.2) is 50.4 Å². The number of anilines is 1. The number of rotatable bonds is 4. The van der Waals surface area contributed by atoms with Crippen molar-refractivity contribution >= 4 is 29.1 Å². The molecule has 20 heavy (non-hydrogen) atoms. The lowest BCUT2D eigenvalue weighted by molar-refractivity contribution is 0.390. The number of nitrogen functional groups attached to an aromatic ring is 1. The van der Waals surface area contributed by atoms with Crippen LogP contribution < -0.4 is 5.73 Å². The Kier molecular flexibility index (Phi) is 3.66. The molecule has 2 N–H and O–H groups in total. The van der Waals surface area contributed by atoms with Crippen LogP contribution in [-0.4, -0.2) is 10.1 Å². The van der Waals surface area contributed by atoms with Crippen LogP contribution in [0.3, 0.4) is 0 Å². The van der Waals surface area contributed by atoms with Crippen LogP contribution in [0, 0.1) is 0 Å². The fourth-order valence-electron chi connectivity index (χ4n) is 1.63. The van der Waals surface area contributed by atoms with Crippen LogP contribution in [0.25, 0.3) is 11.6 Å². The highest BCUT2D eigenvalue weighted by molar-refractivity contribution is 7.98. The summed E-state index contributed by atoms with van der Waals surface area (Å²) in [4.78, 5) is 5.06. The monoisotopic (exact) mass is 307 g/mol. The van der Waals surface area contributed by atoms with Gasteiger partial charge < -0.3 is 14.7 Å². The quantitative estimate of drug-likeness (QED) is 0.582. The molecule has 102 valence electrons. The molecule has 0 fully saturated rings. The molecule has 0 amide bonds. The van der Waals surface area contributed by atoms with Crippen molar-refractivity contribution in [3.8, 4) is 11.6 Å². The molecule has 0 saturated carbocycles. The molecule has 0 aliphatic rings. The molecule has 1 aromatic carbocycles. The van der Waals surface area contributed by atoms with Gasteiger partial charge in [-0.25, -0.2) is 0 Å². The van der Waals surface area contributed by atoms with Crippen molar-refractivity contribution in [1.82, 2.24) is 10.1 Å². The summed E-state index contributed by atoms with van der Waals surface area (Å²) in [7, 11) is 0. The molecule has 2 heterocycles. The number of halogens is 1. The van der Waals surface area contributed by atoms with Gasteiger partial charge in [-0.05, 0) is 24.3 Å². The molecular formula is C13H10ClN3O2S. The van der Waals surface area contributed by atoms with E-state index in [1.165, 1.54) is 11.8 Å². The predicted octanol–water partition coefficient (Wildman–Crippen LogP) is 3.86. The molecule has 0 bridgehead atoms. The van der Waals surface area contributed by atoms with Crippen LogP contribution >= 0.6 is 23.4 Å². The maximum Gasteiger partial charge on any atom is 0.238 e. The van der Waals surface area contributed by atoms with Crippen molar-refractivity contribution in [1.29, 1.82) is 0 Å². The second-order valence-electron chi connectivity index (χ2n) is 3.94.